The highest BCUT2D eigenvalue weighted by Gasteiger charge is 2.47. The number of carbonyl (C=O) groups excluding carboxylic acids is 1. The van der Waals surface area contributed by atoms with Crippen LogP contribution in [0.4, 0.5) is 0 Å². The van der Waals surface area contributed by atoms with Gasteiger partial charge >= 0.3 is 0 Å². The molecule has 1 amide bonds. The number of hydrogen-bond acceptors (Lipinski definition) is 4. The van der Waals surface area contributed by atoms with E-state index in [-0.39, 0.29) is 5.91 Å². The van der Waals surface area contributed by atoms with Crippen molar-refractivity contribution in [3.05, 3.63) is 65.7 Å². The van der Waals surface area contributed by atoms with Crippen LogP contribution in [0, 0.1) is 0 Å². The number of piperidine rings is 1. The van der Waals surface area contributed by atoms with Crippen molar-refractivity contribution in [2.24, 2.45) is 0 Å². The van der Waals surface area contributed by atoms with Crippen LogP contribution in [0.25, 0.3) is 0 Å². The lowest BCUT2D eigenvalue weighted by Gasteiger charge is -2.47. The molecule has 1 fully saturated rings. The molecule has 1 saturated heterocycles. The number of nitrogens with zero attached hydrogens (tertiary/aromatic N) is 1. The summed E-state index contributed by atoms with van der Waals surface area (Å²) in [6.07, 6.45) is 0.889. The molecule has 0 spiro atoms. The van der Waals surface area contributed by atoms with Gasteiger partial charge in [-0.05, 0) is 36.1 Å². The van der Waals surface area contributed by atoms with Gasteiger partial charge in [0.15, 0.2) is 5.72 Å². The number of amides is 1. The van der Waals surface area contributed by atoms with Gasteiger partial charge in [0.2, 0.25) is 5.91 Å². The van der Waals surface area contributed by atoms with E-state index in [9.17, 15) is 9.90 Å². The summed E-state index contributed by atoms with van der Waals surface area (Å²) in [5, 5.41) is 11.4. The Kier molecular flexibility index (Phi) is 6.14. The van der Waals surface area contributed by atoms with E-state index in [1.165, 1.54) is 0 Å². The smallest absolute Gasteiger partial charge is 0.225 e. The van der Waals surface area contributed by atoms with Crippen LogP contribution in [0.15, 0.2) is 54.6 Å². The van der Waals surface area contributed by atoms with Gasteiger partial charge in [-0.1, -0.05) is 49.4 Å². The number of rotatable bonds is 7. The zero-order chi connectivity index (χ0) is 19.3. The van der Waals surface area contributed by atoms with Crippen molar-refractivity contribution in [2.45, 2.75) is 51.2 Å². The minimum Gasteiger partial charge on any atom is -0.497 e. The highest BCUT2D eigenvalue weighted by Crippen LogP contribution is 2.34. The summed E-state index contributed by atoms with van der Waals surface area (Å²) in [6, 6.07) is 17.4. The Morgan fingerprint density at radius 1 is 1.11 bits per heavy atom. The first-order valence-electron chi connectivity index (χ1n) is 9.38. The summed E-state index contributed by atoms with van der Waals surface area (Å²) >= 11 is 0. The molecule has 2 atom stereocenters. The molecular formula is C22H27NO4. The van der Waals surface area contributed by atoms with Gasteiger partial charge in [0.05, 0.1) is 13.7 Å². The third kappa shape index (κ3) is 4.31. The Morgan fingerprint density at radius 2 is 1.81 bits per heavy atom. The predicted octanol–water partition coefficient (Wildman–Crippen LogP) is 3.50. The molecule has 0 bridgehead atoms. The number of carbonyl (C=O) groups is 1. The summed E-state index contributed by atoms with van der Waals surface area (Å²) in [6.45, 7) is 2.65. The molecule has 1 heterocycles. The number of benzene rings is 2. The molecule has 0 aromatic heterocycles. The predicted molar refractivity (Wildman–Crippen MR) is 103 cm³/mol. The lowest BCUT2D eigenvalue weighted by Crippen LogP contribution is -2.62. The molecular weight excluding hydrogens is 342 g/mol. The third-order valence-electron chi connectivity index (χ3n) is 5.22. The number of methoxy groups -OCH3 is 1. The molecule has 0 saturated carbocycles. The minimum absolute atomic E-state index is 0.0465. The molecule has 27 heavy (non-hydrogen) atoms. The van der Waals surface area contributed by atoms with E-state index in [1.54, 1.807) is 12.0 Å². The van der Waals surface area contributed by atoms with Gasteiger partial charge < -0.3 is 19.5 Å². The summed E-state index contributed by atoms with van der Waals surface area (Å²) < 4.78 is 11.2. The van der Waals surface area contributed by atoms with Crippen LogP contribution in [0.1, 0.15) is 37.3 Å². The Labute approximate surface area is 160 Å². The van der Waals surface area contributed by atoms with Crippen LogP contribution < -0.4 is 4.74 Å². The molecule has 0 aliphatic carbocycles. The van der Waals surface area contributed by atoms with E-state index in [1.807, 2.05) is 61.5 Å². The standard InChI is InChI=1S/C22H27NO4/c1-3-22(25)20(27-16-18-7-5-4-6-8-18)13-14-21(24)23(22)15-17-9-11-19(26-2)12-10-17/h4-12,20,25H,3,13-16H2,1-2H3/t20-,22?/m0/s1. The molecule has 144 valence electrons. The summed E-state index contributed by atoms with van der Waals surface area (Å²) in [5.41, 5.74) is 0.679. The van der Waals surface area contributed by atoms with E-state index >= 15 is 0 Å². The van der Waals surface area contributed by atoms with Crippen LogP contribution in [0.3, 0.4) is 0 Å². The molecule has 1 aliphatic heterocycles. The van der Waals surface area contributed by atoms with Gasteiger partial charge in [0, 0.05) is 13.0 Å². The monoisotopic (exact) mass is 369 g/mol. The molecule has 0 radical (unpaired) electrons. The van der Waals surface area contributed by atoms with Gasteiger partial charge in [-0.2, -0.15) is 0 Å². The Bertz CT molecular complexity index is 747. The second kappa shape index (κ2) is 8.55. The molecule has 5 heteroatoms. The summed E-state index contributed by atoms with van der Waals surface area (Å²) in [5.74, 6) is 0.716. The van der Waals surface area contributed by atoms with Crippen molar-refractivity contribution in [3.8, 4) is 5.75 Å². The maximum Gasteiger partial charge on any atom is 0.225 e. The molecule has 1 aliphatic rings. The lowest BCUT2D eigenvalue weighted by molar-refractivity contribution is -0.223. The highest BCUT2D eigenvalue weighted by molar-refractivity contribution is 5.78. The van der Waals surface area contributed by atoms with Crippen molar-refractivity contribution in [3.63, 3.8) is 0 Å². The maximum atomic E-state index is 12.6. The first kappa shape index (κ1) is 19.4. The number of aliphatic hydroxyl groups is 1. The second-order valence-electron chi connectivity index (χ2n) is 6.88. The molecule has 5 nitrogen and oxygen atoms in total. The van der Waals surface area contributed by atoms with Gasteiger partial charge in [0.1, 0.15) is 11.9 Å². The largest absolute Gasteiger partial charge is 0.497 e. The van der Waals surface area contributed by atoms with Gasteiger partial charge in [-0.25, -0.2) is 0 Å². The first-order valence-corrected chi connectivity index (χ1v) is 9.38. The van der Waals surface area contributed by atoms with Gasteiger partial charge in [-0.3, -0.25) is 4.79 Å². The molecule has 1 N–H and O–H groups in total. The van der Waals surface area contributed by atoms with Crippen molar-refractivity contribution in [1.82, 2.24) is 4.90 Å². The SMILES string of the molecule is CCC1(O)[C@@H](OCc2ccccc2)CCC(=O)N1Cc1ccc(OC)cc1. The lowest BCUT2D eigenvalue weighted by atomic mass is 9.91. The van der Waals surface area contributed by atoms with E-state index in [2.05, 4.69) is 0 Å². The molecule has 3 rings (SSSR count). The fourth-order valence-corrected chi connectivity index (χ4v) is 3.56. The third-order valence-corrected chi connectivity index (χ3v) is 5.22. The van der Waals surface area contributed by atoms with Crippen LogP contribution >= 0.6 is 0 Å². The van der Waals surface area contributed by atoms with Gasteiger partial charge in [-0.15, -0.1) is 0 Å². The van der Waals surface area contributed by atoms with Crippen molar-refractivity contribution < 1.29 is 19.4 Å². The molecule has 2 aromatic carbocycles. The number of hydrogen-bond donors (Lipinski definition) is 1. The fourth-order valence-electron chi connectivity index (χ4n) is 3.56. The average molecular weight is 369 g/mol. The first-order chi connectivity index (χ1) is 13.1. The van der Waals surface area contributed by atoms with Crippen LogP contribution in [-0.4, -0.2) is 34.9 Å². The molecule has 2 aromatic rings. The minimum atomic E-state index is -1.32. The number of ether oxygens (including phenoxy) is 2. The summed E-state index contributed by atoms with van der Waals surface area (Å²) in [4.78, 5) is 14.2. The summed E-state index contributed by atoms with van der Waals surface area (Å²) in [7, 11) is 1.62. The van der Waals surface area contributed by atoms with Crippen molar-refractivity contribution in [2.75, 3.05) is 7.11 Å². The molecule has 1 unspecified atom stereocenters. The zero-order valence-electron chi connectivity index (χ0n) is 15.9. The Balaban J connectivity index is 1.75. The average Bonchev–Trinajstić information content (AvgIpc) is 2.71. The zero-order valence-corrected chi connectivity index (χ0v) is 15.9. The fraction of sp³-hybridized carbons (Fsp3) is 0.409. The normalized spacial score (nSPS) is 22.7. The Morgan fingerprint density at radius 3 is 2.44 bits per heavy atom. The quantitative estimate of drug-likeness (QED) is 0.811. The van der Waals surface area contributed by atoms with Crippen molar-refractivity contribution >= 4 is 5.91 Å². The second-order valence-corrected chi connectivity index (χ2v) is 6.88. The van der Waals surface area contributed by atoms with Crippen LogP contribution in [-0.2, 0) is 22.7 Å². The topological polar surface area (TPSA) is 59.0 Å². The Hall–Kier alpha value is -2.37. The van der Waals surface area contributed by atoms with E-state index in [4.69, 9.17) is 9.47 Å². The van der Waals surface area contributed by atoms with E-state index in [0.717, 1.165) is 16.9 Å². The maximum absolute atomic E-state index is 12.6. The van der Waals surface area contributed by atoms with E-state index < -0.39 is 11.8 Å². The highest BCUT2D eigenvalue weighted by atomic mass is 16.5. The number of likely N-dealkylation sites (tertiary alicyclic amines) is 1. The van der Waals surface area contributed by atoms with Crippen molar-refractivity contribution in [1.29, 1.82) is 0 Å². The van der Waals surface area contributed by atoms with Crippen LogP contribution in [0.2, 0.25) is 0 Å². The van der Waals surface area contributed by atoms with Gasteiger partial charge in [0.25, 0.3) is 0 Å². The van der Waals surface area contributed by atoms with Crippen LogP contribution in [0.5, 0.6) is 5.75 Å². The van der Waals surface area contributed by atoms with E-state index in [0.29, 0.717) is 32.4 Å².